The van der Waals surface area contributed by atoms with E-state index in [0.29, 0.717) is 5.57 Å². The Morgan fingerprint density at radius 3 is 1.53 bits per heavy atom. The number of hydrogen-bond acceptors (Lipinski definition) is 4. The lowest BCUT2D eigenvalue weighted by Crippen LogP contribution is -2.00. The Bertz CT molecular complexity index is 241. The van der Waals surface area contributed by atoms with E-state index in [1.165, 1.54) is 7.11 Å². The fraction of sp³-hybridized carbons (Fsp3) is 0.444. The highest BCUT2D eigenvalue weighted by Crippen LogP contribution is 1.87. The van der Waals surface area contributed by atoms with Crippen LogP contribution in [0.4, 0.5) is 0 Å². The zero-order valence-electron chi connectivity index (χ0n) is 8.65. The molecule has 0 spiro atoms. The third-order valence-corrected chi connectivity index (χ3v) is 1.09. The molecule has 0 aromatic rings. The van der Waals surface area contributed by atoms with Gasteiger partial charge in [-0.3, -0.25) is 9.59 Å². The molecule has 0 unspecified atom stereocenters. The molecule has 0 saturated carbocycles. The Balaban J connectivity index is 0. The van der Waals surface area contributed by atoms with Crippen LogP contribution in [-0.4, -0.2) is 35.2 Å². The number of carboxylic acid groups (broad SMARTS) is 2. The third kappa shape index (κ3) is 15.0. The predicted octanol–water partition coefficient (Wildman–Crippen LogP) is 0.671. The lowest BCUT2D eigenvalue weighted by molar-refractivity contribution is -0.143. The highest BCUT2D eigenvalue weighted by Gasteiger charge is 2.00. The Hall–Kier alpha value is -1.85. The summed E-state index contributed by atoms with van der Waals surface area (Å²) in [7, 11) is 1.33. The molecule has 0 bridgehead atoms. The number of aliphatic carboxylic acids is 2. The molecule has 0 amide bonds. The van der Waals surface area contributed by atoms with Crippen LogP contribution in [0, 0.1) is 0 Å². The molecule has 0 atom stereocenters. The van der Waals surface area contributed by atoms with Crippen molar-refractivity contribution < 1.29 is 29.3 Å². The van der Waals surface area contributed by atoms with Gasteiger partial charge in [-0.05, 0) is 6.92 Å². The molecule has 0 fully saturated rings. The van der Waals surface area contributed by atoms with Crippen molar-refractivity contribution in [2.24, 2.45) is 0 Å². The van der Waals surface area contributed by atoms with E-state index in [-0.39, 0.29) is 18.8 Å². The fourth-order valence-corrected chi connectivity index (χ4v) is 0.388. The van der Waals surface area contributed by atoms with Crippen molar-refractivity contribution in [2.45, 2.75) is 19.8 Å². The van der Waals surface area contributed by atoms with Crippen molar-refractivity contribution >= 4 is 17.9 Å². The number of hydrogen-bond donors (Lipinski definition) is 2. The van der Waals surface area contributed by atoms with Gasteiger partial charge in [-0.15, -0.1) is 0 Å². The number of rotatable bonds is 4. The van der Waals surface area contributed by atoms with Gasteiger partial charge < -0.3 is 14.9 Å². The number of ether oxygens (including phenoxy) is 1. The third-order valence-electron chi connectivity index (χ3n) is 1.09. The Morgan fingerprint density at radius 2 is 1.47 bits per heavy atom. The highest BCUT2D eigenvalue weighted by atomic mass is 16.5. The number of methoxy groups -OCH3 is 1. The molecular weight excluding hydrogens is 204 g/mol. The van der Waals surface area contributed by atoms with E-state index in [2.05, 4.69) is 11.3 Å². The lowest BCUT2D eigenvalue weighted by Gasteiger charge is -1.91. The highest BCUT2D eigenvalue weighted by molar-refractivity contribution is 5.86. The van der Waals surface area contributed by atoms with E-state index in [0.717, 1.165) is 0 Å². The van der Waals surface area contributed by atoms with E-state index in [9.17, 15) is 14.4 Å². The van der Waals surface area contributed by atoms with E-state index >= 15 is 0 Å². The van der Waals surface area contributed by atoms with Crippen molar-refractivity contribution in [1.29, 1.82) is 0 Å². The van der Waals surface area contributed by atoms with E-state index in [1.807, 2.05) is 0 Å². The van der Waals surface area contributed by atoms with Crippen LogP contribution in [0.5, 0.6) is 0 Å². The van der Waals surface area contributed by atoms with Crippen LogP contribution in [0.2, 0.25) is 0 Å². The molecule has 0 radical (unpaired) electrons. The number of carboxylic acids is 2. The summed E-state index contributed by atoms with van der Waals surface area (Å²) in [5.41, 5.74) is 0.433. The van der Waals surface area contributed by atoms with Gasteiger partial charge in [0, 0.05) is 5.57 Å². The zero-order chi connectivity index (χ0) is 12.4. The van der Waals surface area contributed by atoms with Gasteiger partial charge in [-0.25, -0.2) is 4.79 Å². The second kappa shape index (κ2) is 8.74. The summed E-state index contributed by atoms with van der Waals surface area (Å²) < 4.78 is 4.27. The van der Waals surface area contributed by atoms with Crippen molar-refractivity contribution in [3.8, 4) is 0 Å². The minimum Gasteiger partial charge on any atom is -0.481 e. The summed E-state index contributed by atoms with van der Waals surface area (Å²) in [4.78, 5) is 29.5. The molecule has 2 N–H and O–H groups in total. The maximum absolute atomic E-state index is 10.2. The standard InChI is InChI=1S/C5H8O2.C4H6O4/c1-4(2)5(6)7-3;5-3(6)1-2-4(7)8/h1H2,2-3H3;1-2H2,(H,5,6)(H,7,8). The largest absolute Gasteiger partial charge is 0.481 e. The van der Waals surface area contributed by atoms with Crippen LogP contribution in [0.25, 0.3) is 0 Å². The van der Waals surface area contributed by atoms with Crippen LogP contribution in [0.1, 0.15) is 19.8 Å². The first-order valence-electron chi connectivity index (χ1n) is 3.98. The summed E-state index contributed by atoms with van der Waals surface area (Å²) in [5.74, 6) is -2.50. The lowest BCUT2D eigenvalue weighted by atomic mass is 10.3. The van der Waals surface area contributed by atoms with Crippen molar-refractivity contribution in [3.63, 3.8) is 0 Å². The van der Waals surface area contributed by atoms with Gasteiger partial charge in [0.15, 0.2) is 0 Å². The van der Waals surface area contributed by atoms with Crippen LogP contribution < -0.4 is 0 Å². The minimum absolute atomic E-state index is 0.296. The van der Waals surface area contributed by atoms with Gasteiger partial charge in [0.1, 0.15) is 0 Å². The second-order valence-corrected chi connectivity index (χ2v) is 2.56. The van der Waals surface area contributed by atoms with Crippen LogP contribution in [-0.2, 0) is 19.1 Å². The van der Waals surface area contributed by atoms with Gasteiger partial charge in [-0.2, -0.15) is 0 Å². The average molecular weight is 218 g/mol. The number of carbonyl (C=O) groups excluding carboxylic acids is 1. The molecule has 0 aliphatic heterocycles. The van der Waals surface area contributed by atoms with E-state index in [1.54, 1.807) is 6.92 Å². The Morgan fingerprint density at radius 1 is 1.13 bits per heavy atom. The summed E-state index contributed by atoms with van der Waals surface area (Å²) in [5, 5.41) is 15.8. The number of carbonyl (C=O) groups is 3. The maximum atomic E-state index is 10.2. The quantitative estimate of drug-likeness (QED) is 0.531. The van der Waals surface area contributed by atoms with Crippen LogP contribution in [0.3, 0.4) is 0 Å². The predicted molar refractivity (Wildman–Crippen MR) is 51.3 cm³/mol. The molecule has 0 saturated heterocycles. The molecule has 0 aromatic heterocycles. The molecule has 0 aliphatic rings. The first-order chi connectivity index (χ1) is 6.81. The molecule has 0 aromatic carbocycles. The van der Waals surface area contributed by atoms with Gasteiger partial charge in [0.2, 0.25) is 0 Å². The fourth-order valence-electron chi connectivity index (χ4n) is 0.388. The number of esters is 1. The van der Waals surface area contributed by atoms with Crippen LogP contribution >= 0.6 is 0 Å². The minimum atomic E-state index is -1.08. The van der Waals surface area contributed by atoms with Gasteiger partial charge in [0.05, 0.1) is 20.0 Å². The van der Waals surface area contributed by atoms with Gasteiger partial charge in [-0.1, -0.05) is 6.58 Å². The second-order valence-electron chi connectivity index (χ2n) is 2.56. The van der Waals surface area contributed by atoms with E-state index in [4.69, 9.17) is 10.2 Å². The normalized spacial score (nSPS) is 8.13. The molecule has 6 heteroatoms. The molecular formula is C9H14O6. The smallest absolute Gasteiger partial charge is 0.332 e. The molecule has 86 valence electrons. The first-order valence-corrected chi connectivity index (χ1v) is 3.98. The van der Waals surface area contributed by atoms with Crippen molar-refractivity contribution in [1.82, 2.24) is 0 Å². The Kier molecular flexibility index (Phi) is 9.09. The molecule has 15 heavy (non-hydrogen) atoms. The van der Waals surface area contributed by atoms with Crippen molar-refractivity contribution in [2.75, 3.05) is 7.11 Å². The molecule has 0 heterocycles. The summed E-state index contributed by atoms with van der Waals surface area (Å²) >= 11 is 0. The molecule has 6 nitrogen and oxygen atoms in total. The average Bonchev–Trinajstić information content (AvgIpc) is 2.14. The topological polar surface area (TPSA) is 101 Å². The van der Waals surface area contributed by atoms with Crippen molar-refractivity contribution in [3.05, 3.63) is 12.2 Å². The summed E-state index contributed by atoms with van der Waals surface area (Å²) in [6.45, 7) is 4.95. The molecule has 0 aliphatic carbocycles. The van der Waals surface area contributed by atoms with Crippen LogP contribution in [0.15, 0.2) is 12.2 Å². The van der Waals surface area contributed by atoms with Gasteiger partial charge in [0.25, 0.3) is 0 Å². The zero-order valence-corrected chi connectivity index (χ0v) is 8.65. The Labute approximate surface area is 87.2 Å². The first kappa shape index (κ1) is 15.6. The summed E-state index contributed by atoms with van der Waals surface area (Å²) in [6.07, 6.45) is -0.593. The monoisotopic (exact) mass is 218 g/mol. The SMILES string of the molecule is C=C(C)C(=O)OC.O=C(O)CCC(=O)O. The van der Waals surface area contributed by atoms with E-state index < -0.39 is 11.9 Å². The van der Waals surface area contributed by atoms with Gasteiger partial charge >= 0.3 is 17.9 Å². The molecule has 0 rings (SSSR count). The summed E-state index contributed by atoms with van der Waals surface area (Å²) in [6, 6.07) is 0. The maximum Gasteiger partial charge on any atom is 0.332 e.